The Morgan fingerprint density at radius 3 is 2.67 bits per heavy atom. The Bertz CT molecular complexity index is 1490. The molecular weight excluding hydrogens is 540 g/mol. The van der Waals surface area contributed by atoms with Gasteiger partial charge in [0.1, 0.15) is 29.6 Å². The van der Waals surface area contributed by atoms with Crippen LogP contribution in [0.25, 0.3) is 11.0 Å². The van der Waals surface area contributed by atoms with E-state index in [-0.39, 0.29) is 37.5 Å². The van der Waals surface area contributed by atoms with Crippen molar-refractivity contribution < 1.29 is 29.0 Å². The zero-order chi connectivity index (χ0) is 29.5. The van der Waals surface area contributed by atoms with Crippen molar-refractivity contribution >= 4 is 34.4 Å². The summed E-state index contributed by atoms with van der Waals surface area (Å²) >= 11 is 0. The highest BCUT2D eigenvalue weighted by molar-refractivity contribution is 6.02. The second-order valence-electron chi connectivity index (χ2n) is 11.4. The number of hydrogen-bond donors (Lipinski definition) is 3. The number of carbonyl (C=O) groups excluding carboxylic acids is 3. The molecule has 0 saturated carbocycles. The van der Waals surface area contributed by atoms with Crippen molar-refractivity contribution in [3.63, 3.8) is 0 Å². The third kappa shape index (κ3) is 4.58. The number of unbranched alkanes of at least 4 members (excludes halogenated alkanes) is 1. The van der Waals surface area contributed by atoms with E-state index in [1.165, 1.54) is 0 Å². The first-order chi connectivity index (χ1) is 20.3. The van der Waals surface area contributed by atoms with Gasteiger partial charge in [0.05, 0.1) is 29.6 Å². The number of ether oxygens (including phenoxy) is 2. The van der Waals surface area contributed by atoms with Gasteiger partial charge < -0.3 is 30.1 Å². The summed E-state index contributed by atoms with van der Waals surface area (Å²) < 4.78 is 13.7. The van der Waals surface area contributed by atoms with Crippen LogP contribution in [-0.2, 0) is 25.8 Å². The molecule has 1 spiro atoms. The third-order valence-corrected chi connectivity index (χ3v) is 8.87. The van der Waals surface area contributed by atoms with Crippen molar-refractivity contribution in [1.82, 2.24) is 25.2 Å². The van der Waals surface area contributed by atoms with Gasteiger partial charge in [-0.3, -0.25) is 14.4 Å². The molecule has 0 aliphatic carbocycles. The Morgan fingerprint density at radius 1 is 1.12 bits per heavy atom. The van der Waals surface area contributed by atoms with Crippen LogP contribution in [0.15, 0.2) is 48.5 Å². The van der Waals surface area contributed by atoms with Crippen LogP contribution in [-0.4, -0.2) is 79.7 Å². The fourth-order valence-electron chi connectivity index (χ4n) is 7.07. The zero-order valence-electron chi connectivity index (χ0n) is 23.8. The number of aliphatic hydroxyl groups excluding tert-OH is 1. The average molecular weight is 577 g/mol. The first-order valence-corrected chi connectivity index (χ1v) is 14.5. The van der Waals surface area contributed by atoms with E-state index in [2.05, 4.69) is 20.9 Å². The minimum absolute atomic E-state index is 0.0193. The molecule has 5 atom stereocenters. The number of rotatable bonds is 11. The number of amides is 3. The lowest BCUT2D eigenvalue weighted by atomic mass is 9.66. The van der Waals surface area contributed by atoms with Crippen LogP contribution in [0.3, 0.4) is 0 Å². The first-order valence-electron chi connectivity index (χ1n) is 14.5. The maximum Gasteiger partial charge on any atom is 0.247 e. The van der Waals surface area contributed by atoms with Crippen molar-refractivity contribution in [2.75, 3.05) is 25.1 Å². The maximum atomic E-state index is 14.1. The topological polar surface area (TPSA) is 148 Å². The van der Waals surface area contributed by atoms with Gasteiger partial charge in [-0.15, -0.1) is 5.10 Å². The average Bonchev–Trinajstić information content (AvgIpc) is 3.69. The van der Waals surface area contributed by atoms with Crippen LogP contribution in [0.5, 0.6) is 5.75 Å². The molecule has 3 aliphatic rings. The Labute approximate surface area is 243 Å². The second kappa shape index (κ2) is 11.0. The molecule has 2 aromatic carbocycles. The van der Waals surface area contributed by atoms with E-state index in [1.807, 2.05) is 38.1 Å². The van der Waals surface area contributed by atoms with Gasteiger partial charge in [0.15, 0.2) is 0 Å². The summed E-state index contributed by atoms with van der Waals surface area (Å²) in [5, 5.41) is 23.6. The quantitative estimate of drug-likeness (QED) is 0.294. The summed E-state index contributed by atoms with van der Waals surface area (Å²) in [4.78, 5) is 43.4. The molecular formula is C30H36N6O6. The Balaban J connectivity index is 1.27. The first kappa shape index (κ1) is 28.1. The lowest BCUT2D eigenvalue weighted by Gasteiger charge is -2.33. The van der Waals surface area contributed by atoms with Crippen LogP contribution in [0.2, 0.25) is 0 Å². The molecule has 2 unspecified atom stereocenters. The number of aliphatic hydroxyl groups is 1. The summed E-state index contributed by atoms with van der Waals surface area (Å²) in [6.07, 6.45) is 2.03. The van der Waals surface area contributed by atoms with Gasteiger partial charge in [-0.25, -0.2) is 4.68 Å². The molecule has 3 fully saturated rings. The van der Waals surface area contributed by atoms with Crippen molar-refractivity contribution in [1.29, 1.82) is 0 Å². The number of fused-ring (bicyclic) bond motifs is 2. The fourth-order valence-corrected chi connectivity index (χ4v) is 7.07. The van der Waals surface area contributed by atoms with Crippen molar-refractivity contribution in [3.8, 4) is 5.75 Å². The molecule has 12 nitrogen and oxygen atoms in total. The van der Waals surface area contributed by atoms with Crippen molar-refractivity contribution in [2.45, 2.75) is 63.4 Å². The molecule has 42 heavy (non-hydrogen) atoms. The normalized spacial score (nSPS) is 27.8. The molecule has 222 valence electrons. The number of anilines is 1. The minimum atomic E-state index is -1.14. The molecule has 3 amide bonds. The molecule has 6 rings (SSSR count). The Kier molecular flexibility index (Phi) is 7.36. The number of benzene rings is 2. The molecule has 4 heterocycles. The van der Waals surface area contributed by atoms with Gasteiger partial charge in [0, 0.05) is 18.8 Å². The molecule has 3 aliphatic heterocycles. The van der Waals surface area contributed by atoms with Crippen LogP contribution in [0.1, 0.15) is 39.5 Å². The van der Waals surface area contributed by atoms with Crippen LogP contribution < -0.4 is 15.4 Å². The zero-order valence-corrected chi connectivity index (χ0v) is 23.8. The van der Waals surface area contributed by atoms with Gasteiger partial charge >= 0.3 is 0 Å². The van der Waals surface area contributed by atoms with E-state index in [4.69, 9.17) is 9.47 Å². The van der Waals surface area contributed by atoms with E-state index >= 15 is 0 Å². The summed E-state index contributed by atoms with van der Waals surface area (Å²) in [6.45, 7) is 4.62. The number of aromatic nitrogens is 3. The van der Waals surface area contributed by atoms with Crippen molar-refractivity contribution in [2.24, 2.45) is 11.8 Å². The SMILES string of the molecule is CCOc1ccc(NC(=O)[C@H]2[C@H]3C(=O)N(CCCCO)C(C(=O)NCn4nnc5ccccc54)C34CC[C@]2(C)O4)cc1. The third-order valence-electron chi connectivity index (χ3n) is 8.87. The van der Waals surface area contributed by atoms with Crippen LogP contribution >= 0.6 is 0 Å². The van der Waals surface area contributed by atoms with Crippen LogP contribution in [0.4, 0.5) is 5.69 Å². The van der Waals surface area contributed by atoms with Gasteiger partial charge in [0.2, 0.25) is 17.7 Å². The van der Waals surface area contributed by atoms with Gasteiger partial charge in [-0.05, 0) is 75.9 Å². The number of likely N-dealkylation sites (tertiary alicyclic amines) is 1. The summed E-state index contributed by atoms with van der Waals surface area (Å²) in [6, 6.07) is 13.6. The molecule has 3 N–H and O–H groups in total. The van der Waals surface area contributed by atoms with E-state index in [0.717, 1.165) is 5.52 Å². The maximum absolute atomic E-state index is 14.1. The van der Waals surface area contributed by atoms with E-state index in [0.29, 0.717) is 49.2 Å². The second-order valence-corrected chi connectivity index (χ2v) is 11.4. The number of carbonyl (C=O) groups is 3. The fraction of sp³-hybridized carbons (Fsp3) is 0.500. The summed E-state index contributed by atoms with van der Waals surface area (Å²) in [5.74, 6) is -1.84. The molecule has 3 aromatic rings. The monoisotopic (exact) mass is 576 g/mol. The Morgan fingerprint density at radius 2 is 1.90 bits per heavy atom. The predicted octanol–water partition coefficient (Wildman–Crippen LogP) is 2.08. The highest BCUT2D eigenvalue weighted by Crippen LogP contribution is 2.63. The standard InChI is InChI=1S/C30H36N6O6/c1-3-41-20-12-10-19(11-13-20)32-26(38)23-24-28(40)35(16-6-7-17-37)25(30(24)15-14-29(23,2)42-30)27(39)31-18-36-22-9-5-4-8-21(22)33-34-36/h4-5,8-13,23-25,37H,3,6-7,14-18H2,1-2H3,(H,31,39)(H,32,38)/t23-,24+,25?,29+,30?/m1/s1. The highest BCUT2D eigenvalue weighted by Gasteiger charge is 2.77. The molecule has 12 heteroatoms. The van der Waals surface area contributed by atoms with Crippen LogP contribution in [0, 0.1) is 11.8 Å². The molecule has 3 saturated heterocycles. The van der Waals surface area contributed by atoms with E-state index in [9.17, 15) is 19.5 Å². The van der Waals surface area contributed by atoms with Gasteiger partial charge in [0.25, 0.3) is 0 Å². The minimum Gasteiger partial charge on any atom is -0.494 e. The highest BCUT2D eigenvalue weighted by atomic mass is 16.5. The number of hydrogen-bond acceptors (Lipinski definition) is 8. The largest absolute Gasteiger partial charge is 0.494 e. The van der Waals surface area contributed by atoms with Gasteiger partial charge in [-0.2, -0.15) is 0 Å². The van der Waals surface area contributed by atoms with Gasteiger partial charge in [-0.1, -0.05) is 17.3 Å². The Hall–Kier alpha value is -4.03. The lowest BCUT2D eigenvalue weighted by Crippen LogP contribution is -2.55. The summed E-state index contributed by atoms with van der Waals surface area (Å²) in [7, 11) is 0. The molecule has 2 bridgehead atoms. The van der Waals surface area contributed by atoms with Crippen molar-refractivity contribution in [3.05, 3.63) is 48.5 Å². The van der Waals surface area contributed by atoms with E-state index < -0.39 is 29.1 Å². The summed E-state index contributed by atoms with van der Waals surface area (Å²) in [5.41, 5.74) is 0.0313. The number of nitrogens with one attached hydrogen (secondary N) is 2. The molecule has 1 aromatic heterocycles. The van der Waals surface area contributed by atoms with E-state index in [1.54, 1.807) is 33.8 Å². The smallest absolute Gasteiger partial charge is 0.247 e. The predicted molar refractivity (Wildman–Crippen MR) is 152 cm³/mol. The molecule has 0 radical (unpaired) electrons. The number of nitrogens with zero attached hydrogens (tertiary/aromatic N) is 4. The number of para-hydroxylation sites is 1. The lowest BCUT2D eigenvalue weighted by molar-refractivity contribution is -0.145.